The molecule has 1 saturated heterocycles. The molecule has 1 spiro atoms. The Hall–Kier alpha value is -0.580. The Morgan fingerprint density at radius 3 is 2.80 bits per heavy atom. The van der Waals surface area contributed by atoms with Gasteiger partial charge in [0.25, 0.3) is 0 Å². The van der Waals surface area contributed by atoms with Crippen molar-refractivity contribution < 1.29 is 0 Å². The van der Waals surface area contributed by atoms with Gasteiger partial charge in [0.1, 0.15) is 0 Å². The summed E-state index contributed by atoms with van der Waals surface area (Å²) in [6.07, 6.45) is 5.55. The lowest BCUT2D eigenvalue weighted by Crippen LogP contribution is -2.43. The SMILES string of the molecule is CC(C)(C)SNC1c2cccnc2CC12CCNCC2. The number of hydrogen-bond donors (Lipinski definition) is 2. The van der Waals surface area contributed by atoms with Crippen LogP contribution >= 0.6 is 11.9 Å². The van der Waals surface area contributed by atoms with Gasteiger partial charge in [0.05, 0.1) is 6.04 Å². The van der Waals surface area contributed by atoms with Crippen LogP contribution in [0.15, 0.2) is 18.3 Å². The molecule has 2 aliphatic rings. The predicted molar refractivity (Wildman–Crippen MR) is 85.7 cm³/mol. The van der Waals surface area contributed by atoms with Crippen molar-refractivity contribution in [2.24, 2.45) is 5.41 Å². The topological polar surface area (TPSA) is 37.0 Å². The minimum absolute atomic E-state index is 0.235. The van der Waals surface area contributed by atoms with E-state index in [0.717, 1.165) is 19.5 Å². The zero-order valence-electron chi connectivity index (χ0n) is 12.7. The Labute approximate surface area is 126 Å². The largest absolute Gasteiger partial charge is 0.317 e. The molecule has 1 aliphatic heterocycles. The fourth-order valence-electron chi connectivity index (χ4n) is 3.44. The zero-order chi connectivity index (χ0) is 14.2. The van der Waals surface area contributed by atoms with E-state index >= 15 is 0 Å². The lowest BCUT2D eigenvalue weighted by Gasteiger charge is -2.40. The molecule has 3 nitrogen and oxygen atoms in total. The average Bonchev–Trinajstić information content (AvgIpc) is 2.69. The molecule has 1 aliphatic carbocycles. The molecular weight excluding hydrogens is 266 g/mol. The van der Waals surface area contributed by atoms with Crippen molar-refractivity contribution in [3.63, 3.8) is 0 Å². The van der Waals surface area contributed by atoms with Gasteiger partial charge in [-0.1, -0.05) is 18.0 Å². The third kappa shape index (κ3) is 2.74. The molecule has 0 amide bonds. The Morgan fingerprint density at radius 2 is 2.10 bits per heavy atom. The van der Waals surface area contributed by atoms with Gasteiger partial charge < -0.3 is 5.32 Å². The van der Waals surface area contributed by atoms with Crippen LogP contribution in [0.5, 0.6) is 0 Å². The van der Waals surface area contributed by atoms with Crippen LogP contribution in [0, 0.1) is 5.41 Å². The fourth-order valence-corrected chi connectivity index (χ4v) is 4.29. The number of hydrogen-bond acceptors (Lipinski definition) is 4. The van der Waals surface area contributed by atoms with Crippen LogP contribution in [0.25, 0.3) is 0 Å². The van der Waals surface area contributed by atoms with Crippen LogP contribution in [0.1, 0.15) is 50.9 Å². The summed E-state index contributed by atoms with van der Waals surface area (Å²) in [5.41, 5.74) is 3.09. The van der Waals surface area contributed by atoms with Crippen molar-refractivity contribution >= 4 is 11.9 Å². The Bertz CT molecular complexity index is 475. The molecule has 1 fully saturated rings. The molecule has 4 heteroatoms. The van der Waals surface area contributed by atoms with E-state index in [0.29, 0.717) is 11.5 Å². The standard InChI is InChI=1S/C16H25N3S/c1-15(2,3)20-19-14-12-5-4-8-18-13(12)11-16(14)6-9-17-10-7-16/h4-5,8,14,17,19H,6-7,9-11H2,1-3H3. The summed E-state index contributed by atoms with van der Waals surface area (Å²) in [7, 11) is 0. The molecule has 0 aromatic carbocycles. The Morgan fingerprint density at radius 1 is 1.35 bits per heavy atom. The number of aromatic nitrogens is 1. The second-order valence-corrected chi connectivity index (χ2v) is 8.76. The van der Waals surface area contributed by atoms with E-state index in [2.05, 4.69) is 47.9 Å². The summed E-state index contributed by atoms with van der Waals surface area (Å²) >= 11 is 1.86. The Balaban J connectivity index is 1.87. The van der Waals surface area contributed by atoms with Crippen LogP contribution < -0.4 is 10.0 Å². The first kappa shape index (κ1) is 14.4. The lowest BCUT2D eigenvalue weighted by molar-refractivity contribution is 0.165. The quantitative estimate of drug-likeness (QED) is 0.821. The monoisotopic (exact) mass is 291 g/mol. The number of nitrogens with zero attached hydrogens (tertiary/aromatic N) is 1. The maximum atomic E-state index is 4.63. The average molecular weight is 291 g/mol. The van der Waals surface area contributed by atoms with Gasteiger partial charge in [-0.15, -0.1) is 0 Å². The second-order valence-electron chi connectivity index (χ2n) is 7.09. The van der Waals surface area contributed by atoms with Crippen LogP contribution in [0.2, 0.25) is 0 Å². The van der Waals surface area contributed by atoms with Gasteiger partial charge in [-0.3, -0.25) is 9.71 Å². The van der Waals surface area contributed by atoms with Gasteiger partial charge in [-0.2, -0.15) is 0 Å². The predicted octanol–water partition coefficient (Wildman–Crippen LogP) is 3.08. The molecule has 0 radical (unpaired) electrons. The molecular formula is C16H25N3S. The highest BCUT2D eigenvalue weighted by Crippen LogP contribution is 2.51. The first-order valence-electron chi connectivity index (χ1n) is 7.58. The molecule has 2 heterocycles. The lowest BCUT2D eigenvalue weighted by atomic mass is 9.74. The number of fused-ring (bicyclic) bond motifs is 1. The normalized spacial score (nSPS) is 24.9. The van der Waals surface area contributed by atoms with E-state index in [4.69, 9.17) is 0 Å². The maximum Gasteiger partial charge on any atom is 0.0500 e. The van der Waals surface area contributed by atoms with Gasteiger partial charge in [0.15, 0.2) is 0 Å². The van der Waals surface area contributed by atoms with Gasteiger partial charge in [0.2, 0.25) is 0 Å². The van der Waals surface area contributed by atoms with Crippen molar-refractivity contribution in [1.29, 1.82) is 0 Å². The summed E-state index contributed by atoms with van der Waals surface area (Å²) < 4.78 is 4.02. The highest BCUT2D eigenvalue weighted by Gasteiger charge is 2.47. The van der Waals surface area contributed by atoms with Gasteiger partial charge >= 0.3 is 0 Å². The van der Waals surface area contributed by atoms with E-state index in [1.165, 1.54) is 24.1 Å². The highest BCUT2D eigenvalue weighted by molar-refractivity contribution is 7.98. The molecule has 1 aromatic rings. The molecule has 110 valence electrons. The summed E-state index contributed by atoms with van der Waals surface area (Å²) in [6, 6.07) is 4.78. The number of pyridine rings is 1. The van der Waals surface area contributed by atoms with E-state index < -0.39 is 0 Å². The first-order valence-corrected chi connectivity index (χ1v) is 8.40. The summed E-state index contributed by atoms with van der Waals surface area (Å²) in [4.78, 5) is 4.63. The number of piperidine rings is 1. The van der Waals surface area contributed by atoms with E-state index in [-0.39, 0.29) is 4.75 Å². The molecule has 0 bridgehead atoms. The molecule has 1 aromatic heterocycles. The fraction of sp³-hybridized carbons (Fsp3) is 0.688. The van der Waals surface area contributed by atoms with E-state index in [1.807, 2.05) is 18.1 Å². The first-order chi connectivity index (χ1) is 9.50. The highest BCUT2D eigenvalue weighted by atomic mass is 32.2. The molecule has 1 unspecified atom stereocenters. The van der Waals surface area contributed by atoms with Crippen LogP contribution in [0.3, 0.4) is 0 Å². The smallest absolute Gasteiger partial charge is 0.0500 e. The number of rotatable bonds is 2. The van der Waals surface area contributed by atoms with Crippen molar-refractivity contribution in [2.45, 2.75) is 50.8 Å². The van der Waals surface area contributed by atoms with Gasteiger partial charge in [-0.05, 0) is 70.2 Å². The van der Waals surface area contributed by atoms with Crippen molar-refractivity contribution in [1.82, 2.24) is 15.0 Å². The summed E-state index contributed by atoms with van der Waals surface area (Å²) in [5, 5.41) is 3.50. The number of nitrogens with one attached hydrogen (secondary N) is 2. The van der Waals surface area contributed by atoms with Gasteiger partial charge in [0, 0.05) is 16.6 Å². The molecule has 3 rings (SSSR count). The van der Waals surface area contributed by atoms with Crippen molar-refractivity contribution in [2.75, 3.05) is 13.1 Å². The third-order valence-electron chi connectivity index (χ3n) is 4.45. The van der Waals surface area contributed by atoms with Crippen LogP contribution in [-0.4, -0.2) is 22.8 Å². The van der Waals surface area contributed by atoms with Crippen molar-refractivity contribution in [3.8, 4) is 0 Å². The zero-order valence-corrected chi connectivity index (χ0v) is 13.5. The molecule has 20 heavy (non-hydrogen) atoms. The maximum absolute atomic E-state index is 4.63. The molecule has 0 saturated carbocycles. The van der Waals surface area contributed by atoms with Crippen LogP contribution in [0.4, 0.5) is 0 Å². The van der Waals surface area contributed by atoms with E-state index in [1.54, 1.807) is 0 Å². The van der Waals surface area contributed by atoms with E-state index in [9.17, 15) is 0 Å². The minimum Gasteiger partial charge on any atom is -0.317 e. The summed E-state index contributed by atoms with van der Waals surface area (Å²) in [6.45, 7) is 9.05. The third-order valence-corrected chi connectivity index (χ3v) is 5.42. The Kier molecular flexibility index (Phi) is 3.82. The van der Waals surface area contributed by atoms with Crippen molar-refractivity contribution in [3.05, 3.63) is 29.6 Å². The van der Waals surface area contributed by atoms with Crippen LogP contribution in [-0.2, 0) is 6.42 Å². The minimum atomic E-state index is 0.235. The summed E-state index contributed by atoms with van der Waals surface area (Å²) in [5.74, 6) is 0. The molecule has 1 atom stereocenters. The second kappa shape index (κ2) is 5.32. The van der Waals surface area contributed by atoms with Gasteiger partial charge in [-0.25, -0.2) is 0 Å². The molecule has 2 N–H and O–H groups in total.